The lowest BCUT2D eigenvalue weighted by Crippen LogP contribution is -2.25. The zero-order chi connectivity index (χ0) is 22.6. The summed E-state index contributed by atoms with van der Waals surface area (Å²) >= 11 is 0. The number of benzene rings is 3. The highest BCUT2D eigenvalue weighted by Crippen LogP contribution is 2.30. The van der Waals surface area contributed by atoms with Crippen LogP contribution in [0.15, 0.2) is 70.9 Å². The largest absolute Gasteiger partial charge is 0.488 e. The van der Waals surface area contributed by atoms with Crippen LogP contribution in [0, 0.1) is 0 Å². The quantitative estimate of drug-likeness (QED) is 0.445. The van der Waals surface area contributed by atoms with Crippen LogP contribution in [0.5, 0.6) is 5.75 Å². The molecule has 0 aromatic heterocycles. The fraction of sp³-hybridized carbons (Fsp3) is 0.174. The molecule has 3 aromatic carbocycles. The van der Waals surface area contributed by atoms with Crippen molar-refractivity contribution in [3.63, 3.8) is 0 Å². The smallest absolute Gasteiger partial charge is 0.416 e. The van der Waals surface area contributed by atoms with Crippen LogP contribution in [0.25, 0.3) is 10.8 Å². The van der Waals surface area contributed by atoms with Gasteiger partial charge >= 0.3 is 6.18 Å². The SMILES string of the molecule is O=C(N/N=C/c1ccc(OCc2ccc(C(F)(F)F)cc2)c2ccccc12)C1=NNCC1. The minimum absolute atomic E-state index is 0.127. The number of fused-ring (bicyclic) bond motifs is 1. The third-order valence-electron chi connectivity index (χ3n) is 4.91. The molecule has 0 aliphatic carbocycles. The fourth-order valence-corrected chi connectivity index (χ4v) is 3.26. The van der Waals surface area contributed by atoms with Crippen LogP contribution >= 0.6 is 0 Å². The van der Waals surface area contributed by atoms with E-state index in [1.807, 2.05) is 24.3 Å². The van der Waals surface area contributed by atoms with Gasteiger partial charge in [-0.05, 0) is 35.2 Å². The molecule has 0 fully saturated rings. The van der Waals surface area contributed by atoms with Gasteiger partial charge in [-0.1, -0.05) is 36.4 Å². The second-order valence-corrected chi connectivity index (χ2v) is 7.10. The van der Waals surface area contributed by atoms with Gasteiger partial charge in [-0.3, -0.25) is 4.79 Å². The molecular weight excluding hydrogens is 421 g/mol. The molecule has 6 nitrogen and oxygen atoms in total. The highest BCUT2D eigenvalue weighted by molar-refractivity contribution is 6.39. The molecule has 3 aromatic rings. The van der Waals surface area contributed by atoms with Crippen molar-refractivity contribution in [2.75, 3.05) is 6.54 Å². The summed E-state index contributed by atoms with van der Waals surface area (Å²) in [6, 6.07) is 16.0. The number of carbonyl (C=O) groups excluding carboxylic acids is 1. The summed E-state index contributed by atoms with van der Waals surface area (Å²) in [5, 5.41) is 9.59. The van der Waals surface area contributed by atoms with Crippen molar-refractivity contribution in [1.82, 2.24) is 10.9 Å². The average molecular weight is 440 g/mol. The van der Waals surface area contributed by atoms with E-state index in [1.165, 1.54) is 12.1 Å². The van der Waals surface area contributed by atoms with Gasteiger partial charge in [0.1, 0.15) is 18.1 Å². The molecule has 1 amide bonds. The highest BCUT2D eigenvalue weighted by Gasteiger charge is 2.29. The molecule has 4 rings (SSSR count). The maximum Gasteiger partial charge on any atom is 0.416 e. The van der Waals surface area contributed by atoms with Crippen molar-refractivity contribution in [2.24, 2.45) is 10.2 Å². The van der Waals surface area contributed by atoms with Gasteiger partial charge in [0.05, 0.1) is 11.8 Å². The van der Waals surface area contributed by atoms with E-state index < -0.39 is 11.7 Å². The summed E-state index contributed by atoms with van der Waals surface area (Å²) in [6.45, 7) is 0.757. The molecule has 2 N–H and O–H groups in total. The first-order valence-corrected chi connectivity index (χ1v) is 9.85. The summed E-state index contributed by atoms with van der Waals surface area (Å²) in [6.07, 6.45) is -2.27. The number of ether oxygens (including phenoxy) is 1. The van der Waals surface area contributed by atoms with Crippen molar-refractivity contribution < 1.29 is 22.7 Å². The van der Waals surface area contributed by atoms with Crippen LogP contribution in [0.4, 0.5) is 13.2 Å². The van der Waals surface area contributed by atoms with Gasteiger partial charge < -0.3 is 10.2 Å². The van der Waals surface area contributed by atoms with Crippen LogP contribution in [-0.4, -0.2) is 24.4 Å². The van der Waals surface area contributed by atoms with Gasteiger partial charge in [0.2, 0.25) is 0 Å². The van der Waals surface area contributed by atoms with Crippen molar-refractivity contribution in [3.05, 3.63) is 77.4 Å². The van der Waals surface area contributed by atoms with E-state index in [0.717, 1.165) is 28.5 Å². The first kappa shape index (κ1) is 21.4. The Kier molecular flexibility index (Phi) is 6.07. The number of rotatable bonds is 6. The molecule has 0 saturated carbocycles. The maximum absolute atomic E-state index is 12.7. The topological polar surface area (TPSA) is 75.1 Å². The summed E-state index contributed by atoms with van der Waals surface area (Å²) in [5.41, 5.74) is 6.30. The van der Waals surface area contributed by atoms with Crippen LogP contribution < -0.4 is 15.6 Å². The number of alkyl halides is 3. The van der Waals surface area contributed by atoms with Gasteiger partial charge in [0.15, 0.2) is 0 Å². The van der Waals surface area contributed by atoms with Crippen molar-refractivity contribution in [2.45, 2.75) is 19.2 Å². The van der Waals surface area contributed by atoms with Crippen molar-refractivity contribution >= 4 is 28.6 Å². The molecule has 0 radical (unpaired) electrons. The first-order valence-electron chi connectivity index (χ1n) is 9.85. The Bertz CT molecular complexity index is 1190. The Morgan fingerprint density at radius 1 is 1.09 bits per heavy atom. The molecule has 0 bridgehead atoms. The second-order valence-electron chi connectivity index (χ2n) is 7.10. The third kappa shape index (κ3) is 4.88. The van der Waals surface area contributed by atoms with Gasteiger partial charge in [0.25, 0.3) is 5.91 Å². The highest BCUT2D eigenvalue weighted by atomic mass is 19.4. The van der Waals surface area contributed by atoms with Crippen LogP contribution in [0.3, 0.4) is 0 Å². The Morgan fingerprint density at radius 2 is 1.84 bits per heavy atom. The first-order chi connectivity index (χ1) is 15.4. The van der Waals surface area contributed by atoms with E-state index in [0.29, 0.717) is 30.0 Å². The summed E-state index contributed by atoms with van der Waals surface area (Å²) < 4.78 is 44.0. The molecule has 0 atom stereocenters. The number of hydrogen-bond donors (Lipinski definition) is 2. The molecule has 1 heterocycles. The van der Waals surface area contributed by atoms with E-state index in [1.54, 1.807) is 18.3 Å². The lowest BCUT2D eigenvalue weighted by atomic mass is 10.0. The molecule has 0 saturated heterocycles. The Hall–Kier alpha value is -3.88. The molecule has 9 heteroatoms. The zero-order valence-corrected chi connectivity index (χ0v) is 16.8. The molecule has 32 heavy (non-hydrogen) atoms. The van der Waals surface area contributed by atoms with Gasteiger partial charge in [0, 0.05) is 23.9 Å². The molecule has 164 valence electrons. The number of nitrogens with zero attached hydrogens (tertiary/aromatic N) is 2. The Morgan fingerprint density at radius 3 is 2.53 bits per heavy atom. The molecule has 1 aliphatic rings. The number of halogens is 3. The Balaban J connectivity index is 1.48. The number of hydrogen-bond acceptors (Lipinski definition) is 5. The van der Waals surface area contributed by atoms with E-state index in [4.69, 9.17) is 4.74 Å². The standard InChI is InChI=1S/C23H19F3N4O2/c24-23(25,26)17-8-5-15(6-9-17)14-32-21-10-7-16(18-3-1-2-4-19(18)21)13-28-30-22(31)20-11-12-27-29-20/h1-10,13,27H,11-12,14H2,(H,30,31)/b28-13+. The lowest BCUT2D eigenvalue weighted by Gasteiger charge is -2.12. The molecular formula is C23H19F3N4O2. The van der Waals surface area contributed by atoms with E-state index in [2.05, 4.69) is 21.1 Å². The van der Waals surface area contributed by atoms with Gasteiger partial charge in [-0.15, -0.1) is 0 Å². The molecule has 0 spiro atoms. The van der Waals surface area contributed by atoms with E-state index in [9.17, 15) is 18.0 Å². The maximum atomic E-state index is 12.7. The normalized spacial score (nSPS) is 13.8. The van der Waals surface area contributed by atoms with E-state index in [-0.39, 0.29) is 12.5 Å². The van der Waals surface area contributed by atoms with E-state index >= 15 is 0 Å². The predicted octanol–water partition coefficient (Wildman–Crippen LogP) is 4.24. The van der Waals surface area contributed by atoms with Crippen molar-refractivity contribution in [1.29, 1.82) is 0 Å². The third-order valence-corrected chi connectivity index (χ3v) is 4.91. The monoisotopic (exact) mass is 440 g/mol. The van der Waals surface area contributed by atoms with Crippen LogP contribution in [-0.2, 0) is 17.6 Å². The summed E-state index contributed by atoms with van der Waals surface area (Å²) in [7, 11) is 0. The van der Waals surface area contributed by atoms with Gasteiger partial charge in [-0.25, -0.2) is 5.43 Å². The minimum atomic E-state index is -4.37. The summed E-state index contributed by atoms with van der Waals surface area (Å²) in [5.74, 6) is 0.236. The van der Waals surface area contributed by atoms with Crippen molar-refractivity contribution in [3.8, 4) is 5.75 Å². The number of amides is 1. The number of carbonyl (C=O) groups is 1. The second kappa shape index (κ2) is 9.09. The number of hydrazone groups is 2. The molecule has 1 aliphatic heterocycles. The lowest BCUT2D eigenvalue weighted by molar-refractivity contribution is -0.137. The minimum Gasteiger partial charge on any atom is -0.488 e. The predicted molar refractivity (Wildman–Crippen MR) is 116 cm³/mol. The van der Waals surface area contributed by atoms with Crippen LogP contribution in [0.2, 0.25) is 0 Å². The Labute approximate surface area is 181 Å². The van der Waals surface area contributed by atoms with Gasteiger partial charge in [-0.2, -0.15) is 23.4 Å². The summed E-state index contributed by atoms with van der Waals surface area (Å²) in [4.78, 5) is 12.0. The number of nitrogens with one attached hydrogen (secondary N) is 2. The van der Waals surface area contributed by atoms with Crippen LogP contribution in [0.1, 0.15) is 23.1 Å². The average Bonchev–Trinajstić information content (AvgIpc) is 3.33. The molecule has 0 unspecified atom stereocenters. The zero-order valence-electron chi connectivity index (χ0n) is 16.8. The fourth-order valence-electron chi connectivity index (χ4n) is 3.26.